The van der Waals surface area contributed by atoms with Crippen LogP contribution in [0, 0.1) is 0 Å². The SMILES string of the molecule is C=CCl.OO. The first-order valence-electron chi connectivity index (χ1n) is 0.826. The molecule has 0 saturated heterocycles. The average molecular weight is 96.5 g/mol. The topological polar surface area (TPSA) is 40.5 Å². The molecule has 5 heavy (non-hydrogen) atoms. The Morgan fingerprint density at radius 2 is 1.60 bits per heavy atom. The van der Waals surface area contributed by atoms with Crippen molar-refractivity contribution in [1.82, 2.24) is 0 Å². The minimum atomic E-state index is 1.22. The Morgan fingerprint density at radius 1 is 1.60 bits per heavy atom. The Labute approximate surface area is 35.2 Å². The maximum absolute atomic E-state index is 6.00. The first kappa shape index (κ1) is 8.87. The Hall–Kier alpha value is -0.0500. The molecule has 0 unspecified atom stereocenters. The molecule has 0 aromatic carbocycles. The van der Waals surface area contributed by atoms with Gasteiger partial charge in [-0.05, 0) is 5.54 Å². The minimum Gasteiger partial charge on any atom is -0.255 e. The summed E-state index contributed by atoms with van der Waals surface area (Å²) in [6.45, 7) is 3.13. The summed E-state index contributed by atoms with van der Waals surface area (Å²) in [5.74, 6) is 0. The molecule has 0 aliphatic carbocycles. The van der Waals surface area contributed by atoms with Crippen molar-refractivity contribution in [3.8, 4) is 0 Å². The van der Waals surface area contributed by atoms with E-state index in [1.165, 1.54) is 5.54 Å². The van der Waals surface area contributed by atoms with Gasteiger partial charge in [0.05, 0.1) is 0 Å². The van der Waals surface area contributed by atoms with Crippen LogP contribution in [-0.4, -0.2) is 10.5 Å². The second kappa shape index (κ2) is 38.1. The molecule has 0 aromatic heterocycles. The summed E-state index contributed by atoms with van der Waals surface area (Å²) in [5, 5.41) is 12.0. The number of hydrogen-bond donors (Lipinski definition) is 2. The van der Waals surface area contributed by atoms with Crippen LogP contribution in [0.1, 0.15) is 0 Å². The van der Waals surface area contributed by atoms with Crippen molar-refractivity contribution in [2.45, 2.75) is 0 Å². The van der Waals surface area contributed by atoms with E-state index >= 15 is 0 Å². The van der Waals surface area contributed by atoms with Gasteiger partial charge in [0.15, 0.2) is 0 Å². The molecule has 0 aliphatic rings. The Bertz CT molecular complexity index is 15.1. The van der Waals surface area contributed by atoms with Crippen LogP contribution in [0.25, 0.3) is 0 Å². The first-order chi connectivity index (χ1) is 2.41. The highest BCUT2D eigenvalue weighted by molar-refractivity contribution is 6.25. The summed E-state index contributed by atoms with van der Waals surface area (Å²) in [4.78, 5) is 0. The van der Waals surface area contributed by atoms with Crippen LogP contribution in [-0.2, 0) is 0 Å². The third-order valence-corrected chi connectivity index (χ3v) is 0. The van der Waals surface area contributed by atoms with Crippen molar-refractivity contribution in [3.63, 3.8) is 0 Å². The zero-order valence-corrected chi connectivity index (χ0v) is 3.31. The summed E-state index contributed by atoms with van der Waals surface area (Å²) in [5.41, 5.74) is 1.22. The molecule has 2 N–H and O–H groups in total. The lowest BCUT2D eigenvalue weighted by Crippen LogP contribution is -1.29. The highest BCUT2D eigenvalue weighted by Gasteiger charge is 1.18. The number of hydrogen-bond acceptors (Lipinski definition) is 2. The lowest BCUT2D eigenvalue weighted by atomic mass is 11.3. The molecule has 0 heterocycles. The fourth-order valence-corrected chi connectivity index (χ4v) is 0. The van der Waals surface area contributed by atoms with Gasteiger partial charge >= 0.3 is 0 Å². The normalized spacial score (nSPS) is 3.80. The Kier molecular flexibility index (Phi) is 67.6. The van der Waals surface area contributed by atoms with E-state index in [2.05, 4.69) is 6.58 Å². The fourth-order valence-electron chi connectivity index (χ4n) is 0. The van der Waals surface area contributed by atoms with Gasteiger partial charge in [0.2, 0.25) is 0 Å². The smallest absolute Gasteiger partial charge is 0.00296 e. The number of rotatable bonds is 0. The predicted molar refractivity (Wildman–Crippen MR) is 21.3 cm³/mol. The van der Waals surface area contributed by atoms with Gasteiger partial charge in [-0.1, -0.05) is 18.2 Å². The summed E-state index contributed by atoms with van der Waals surface area (Å²) in [7, 11) is 0. The number of halogens is 1. The predicted octanol–water partition coefficient (Wildman–Crippen LogP) is 1.39. The van der Waals surface area contributed by atoms with Crippen molar-refractivity contribution in [2.75, 3.05) is 0 Å². The van der Waals surface area contributed by atoms with Gasteiger partial charge in [-0.15, -0.1) is 0 Å². The molecule has 0 rings (SSSR count). The van der Waals surface area contributed by atoms with Crippen LogP contribution in [0.3, 0.4) is 0 Å². The van der Waals surface area contributed by atoms with Crippen molar-refractivity contribution in [1.29, 1.82) is 0 Å². The van der Waals surface area contributed by atoms with E-state index in [9.17, 15) is 0 Å². The van der Waals surface area contributed by atoms with Gasteiger partial charge in [0, 0.05) is 0 Å². The highest BCUT2D eigenvalue weighted by Crippen LogP contribution is 1.60. The molecule has 0 amide bonds. The van der Waals surface area contributed by atoms with E-state index < -0.39 is 0 Å². The van der Waals surface area contributed by atoms with E-state index in [0.29, 0.717) is 0 Å². The van der Waals surface area contributed by atoms with Crippen LogP contribution in [0.4, 0.5) is 0 Å². The maximum Gasteiger partial charge on any atom is -0.00296 e. The van der Waals surface area contributed by atoms with Crippen LogP contribution in [0.15, 0.2) is 12.1 Å². The zero-order valence-electron chi connectivity index (χ0n) is 2.56. The van der Waals surface area contributed by atoms with Crippen molar-refractivity contribution >= 4 is 11.6 Å². The summed E-state index contributed by atoms with van der Waals surface area (Å²) in [6, 6.07) is 0. The van der Waals surface area contributed by atoms with Crippen LogP contribution in [0.5, 0.6) is 0 Å². The van der Waals surface area contributed by atoms with E-state index in [-0.39, 0.29) is 0 Å². The van der Waals surface area contributed by atoms with Gasteiger partial charge in [-0.25, -0.2) is 0 Å². The first-order valence-corrected chi connectivity index (χ1v) is 1.26. The zero-order chi connectivity index (χ0) is 4.71. The van der Waals surface area contributed by atoms with Crippen molar-refractivity contribution in [3.05, 3.63) is 12.1 Å². The van der Waals surface area contributed by atoms with Crippen LogP contribution >= 0.6 is 11.6 Å². The standard InChI is InChI=1S/C2H3Cl.H2O2/c1-2-3;1-2/h2H,1H2;1-2H. The lowest BCUT2D eigenvalue weighted by Gasteiger charge is -1.27. The van der Waals surface area contributed by atoms with E-state index in [1.54, 1.807) is 0 Å². The van der Waals surface area contributed by atoms with Crippen LogP contribution in [0.2, 0.25) is 0 Å². The molecule has 0 aliphatic heterocycles. The second-order valence-electron chi connectivity index (χ2n) is 0.154. The third-order valence-electron chi connectivity index (χ3n) is 0. The van der Waals surface area contributed by atoms with E-state index in [0.717, 1.165) is 0 Å². The van der Waals surface area contributed by atoms with Gasteiger partial charge in [-0.2, -0.15) is 0 Å². The van der Waals surface area contributed by atoms with E-state index in [1.807, 2.05) is 0 Å². The third kappa shape index (κ3) is 6010. The molecule has 32 valence electrons. The average Bonchev–Trinajstić information content (AvgIpc) is 1.46. The Morgan fingerprint density at radius 3 is 1.60 bits per heavy atom. The molecule has 0 saturated carbocycles. The Balaban J connectivity index is 0. The van der Waals surface area contributed by atoms with Gasteiger partial charge in [0.25, 0.3) is 0 Å². The second-order valence-corrected chi connectivity index (χ2v) is 0.463. The monoisotopic (exact) mass is 96.0 g/mol. The molecule has 3 heteroatoms. The molecule has 0 radical (unpaired) electrons. The summed E-state index contributed by atoms with van der Waals surface area (Å²) >= 11 is 4.76. The van der Waals surface area contributed by atoms with Crippen molar-refractivity contribution in [2.24, 2.45) is 0 Å². The van der Waals surface area contributed by atoms with Crippen molar-refractivity contribution < 1.29 is 10.5 Å². The highest BCUT2D eigenvalue weighted by atomic mass is 35.5. The minimum absolute atomic E-state index is 1.22. The maximum atomic E-state index is 6.00. The van der Waals surface area contributed by atoms with Gasteiger partial charge in [0.1, 0.15) is 0 Å². The van der Waals surface area contributed by atoms with E-state index in [4.69, 9.17) is 22.1 Å². The molecular formula is C2H5ClO2. The lowest BCUT2D eigenvalue weighted by molar-refractivity contribution is -0.176. The molecule has 0 atom stereocenters. The molecule has 2 nitrogen and oxygen atoms in total. The molecule has 0 bridgehead atoms. The summed E-state index contributed by atoms with van der Waals surface area (Å²) < 4.78 is 0. The molecular weight excluding hydrogens is 91.5 g/mol. The fraction of sp³-hybridized carbons (Fsp3) is 0. The van der Waals surface area contributed by atoms with Gasteiger partial charge < -0.3 is 0 Å². The molecule has 0 spiro atoms. The van der Waals surface area contributed by atoms with Gasteiger partial charge in [-0.3, -0.25) is 10.5 Å². The molecule has 0 aromatic rings. The quantitative estimate of drug-likeness (QED) is 0.353. The van der Waals surface area contributed by atoms with Crippen LogP contribution < -0.4 is 0 Å². The molecule has 0 fully saturated rings. The largest absolute Gasteiger partial charge is 0.255 e. The summed E-state index contributed by atoms with van der Waals surface area (Å²) in [6.07, 6.45) is 0.